The molecule has 0 bridgehead atoms. The Morgan fingerprint density at radius 3 is 2.17 bits per heavy atom. The fourth-order valence-corrected chi connectivity index (χ4v) is 1.04. The van der Waals surface area contributed by atoms with Crippen LogP contribution in [0.3, 0.4) is 0 Å². The van der Waals surface area contributed by atoms with Gasteiger partial charge < -0.3 is 0 Å². The van der Waals surface area contributed by atoms with Crippen LogP contribution in [0.5, 0.6) is 0 Å². The summed E-state index contributed by atoms with van der Waals surface area (Å²) in [6.45, 7) is 4.22. The molecule has 1 heteroatoms. The third-order valence-corrected chi connectivity index (χ3v) is 0.926. The highest BCUT2D eigenvalue weighted by Gasteiger charge is 1.68. The van der Waals surface area contributed by atoms with Crippen molar-refractivity contribution in [2.45, 2.75) is 13.8 Å². The summed E-state index contributed by atoms with van der Waals surface area (Å²) in [5, 5.41) is 0. The van der Waals surface area contributed by atoms with Gasteiger partial charge in [-0.3, -0.25) is 0 Å². The number of hydrogen-bond acceptors (Lipinski definition) is 0. The van der Waals surface area contributed by atoms with Gasteiger partial charge in [0.15, 0.2) is 0 Å². The highest BCUT2D eigenvalue weighted by Crippen LogP contribution is 1.90. The van der Waals surface area contributed by atoms with E-state index in [9.17, 15) is 0 Å². The first kappa shape index (κ1) is 6.47. The van der Waals surface area contributed by atoms with Gasteiger partial charge in [0.25, 0.3) is 0 Å². The predicted octanol–water partition coefficient (Wildman–Crippen LogP) is 2.39. The zero-order valence-corrected chi connectivity index (χ0v) is 6.32. The maximum atomic E-state index is 2.33. The van der Waals surface area contributed by atoms with Crippen LogP contribution in [0.15, 0.2) is 11.6 Å². The smallest absolute Gasteiger partial charge is 0.0178 e. The minimum atomic E-state index is 1.14. The lowest BCUT2D eigenvalue weighted by molar-refractivity contribution is 1.38. The molecule has 0 N–H and O–H groups in total. The van der Waals surface area contributed by atoms with E-state index in [0.29, 0.717) is 0 Å². The van der Waals surface area contributed by atoms with Gasteiger partial charge in [0.2, 0.25) is 0 Å². The van der Waals surface area contributed by atoms with Gasteiger partial charge in [0.05, 0.1) is 0 Å². The molecule has 0 spiro atoms. The van der Waals surface area contributed by atoms with Gasteiger partial charge in [-0.25, -0.2) is 0 Å². The number of rotatable bonds is 1. The standard InChI is InChI=1S/C5H9I/c1-5(2)3-4-6/h3H,4H2,1-2H3. The summed E-state index contributed by atoms with van der Waals surface area (Å²) < 4.78 is 1.14. The Hall–Kier alpha value is 0.470. The maximum absolute atomic E-state index is 2.33. The number of allylic oxidation sites excluding steroid dienone is 2. The van der Waals surface area contributed by atoms with Gasteiger partial charge in [-0.15, -0.1) is 0 Å². The number of alkyl halides is 1. The van der Waals surface area contributed by atoms with Crippen molar-refractivity contribution in [1.29, 1.82) is 0 Å². The lowest BCUT2D eigenvalue weighted by Gasteiger charge is -1.79. The van der Waals surface area contributed by atoms with Crippen molar-refractivity contribution in [3.05, 3.63) is 11.6 Å². The molecular weight excluding hydrogens is 187 g/mol. The van der Waals surface area contributed by atoms with Gasteiger partial charge in [0, 0.05) is 4.43 Å². The Morgan fingerprint density at radius 1 is 1.67 bits per heavy atom. The van der Waals surface area contributed by atoms with E-state index in [1.165, 1.54) is 5.57 Å². The average molecular weight is 196 g/mol. The molecule has 0 aliphatic heterocycles. The van der Waals surface area contributed by atoms with Crippen LogP contribution in [0.2, 0.25) is 0 Å². The van der Waals surface area contributed by atoms with E-state index in [4.69, 9.17) is 0 Å². The van der Waals surface area contributed by atoms with Crippen molar-refractivity contribution in [2.24, 2.45) is 0 Å². The Balaban J connectivity index is 3.14. The van der Waals surface area contributed by atoms with E-state index in [1.807, 2.05) is 0 Å². The Bertz CT molecular complexity index is 51.0. The second kappa shape index (κ2) is 3.65. The second-order valence-electron chi connectivity index (χ2n) is 1.44. The summed E-state index contributed by atoms with van der Waals surface area (Å²) in [6.07, 6.45) is 2.19. The van der Waals surface area contributed by atoms with E-state index < -0.39 is 0 Å². The molecule has 0 aromatic rings. The van der Waals surface area contributed by atoms with Crippen molar-refractivity contribution in [2.75, 3.05) is 4.43 Å². The van der Waals surface area contributed by atoms with E-state index in [-0.39, 0.29) is 0 Å². The average Bonchev–Trinajstić information content (AvgIpc) is 1.35. The number of hydrogen-bond donors (Lipinski definition) is 0. The van der Waals surface area contributed by atoms with Crippen LogP contribution >= 0.6 is 22.6 Å². The summed E-state index contributed by atoms with van der Waals surface area (Å²) in [4.78, 5) is 0. The van der Waals surface area contributed by atoms with Gasteiger partial charge in [-0.1, -0.05) is 34.2 Å². The molecule has 0 aliphatic rings. The summed E-state index contributed by atoms with van der Waals surface area (Å²) in [7, 11) is 0. The van der Waals surface area contributed by atoms with Crippen molar-refractivity contribution in [3.8, 4) is 0 Å². The molecule has 0 atom stereocenters. The topological polar surface area (TPSA) is 0 Å². The fraction of sp³-hybridized carbons (Fsp3) is 0.600. The summed E-state index contributed by atoms with van der Waals surface area (Å²) in [5.41, 5.74) is 1.41. The lowest BCUT2D eigenvalue weighted by Crippen LogP contribution is -1.62. The van der Waals surface area contributed by atoms with E-state index in [0.717, 1.165) is 4.43 Å². The summed E-state index contributed by atoms with van der Waals surface area (Å²) in [6, 6.07) is 0. The fourth-order valence-electron chi connectivity index (χ4n) is 0.154. The quantitative estimate of drug-likeness (QED) is 0.343. The molecule has 6 heavy (non-hydrogen) atoms. The largest absolute Gasteiger partial charge is 0.0818 e. The molecule has 0 unspecified atom stereocenters. The number of halogens is 1. The molecule has 0 aliphatic carbocycles. The predicted molar refractivity (Wildman–Crippen MR) is 38.3 cm³/mol. The molecule has 36 valence electrons. The monoisotopic (exact) mass is 196 g/mol. The van der Waals surface area contributed by atoms with Gasteiger partial charge in [0.1, 0.15) is 0 Å². The van der Waals surface area contributed by atoms with Crippen LogP contribution in [0, 0.1) is 0 Å². The first-order chi connectivity index (χ1) is 2.77. The minimum absolute atomic E-state index is 1.14. The molecule has 0 amide bonds. The van der Waals surface area contributed by atoms with E-state index in [2.05, 4.69) is 42.5 Å². The second-order valence-corrected chi connectivity index (χ2v) is 2.32. The highest BCUT2D eigenvalue weighted by atomic mass is 127. The first-order valence-corrected chi connectivity index (χ1v) is 3.49. The third-order valence-electron chi connectivity index (χ3n) is 0.485. The third kappa shape index (κ3) is 4.47. The van der Waals surface area contributed by atoms with Crippen molar-refractivity contribution >= 4 is 22.6 Å². The minimum Gasteiger partial charge on any atom is -0.0818 e. The molecule has 0 aromatic carbocycles. The van der Waals surface area contributed by atoms with E-state index >= 15 is 0 Å². The molecule has 0 heterocycles. The zero-order chi connectivity index (χ0) is 4.99. The van der Waals surface area contributed by atoms with Crippen LogP contribution in [-0.4, -0.2) is 4.43 Å². The molecule has 0 radical (unpaired) electrons. The highest BCUT2D eigenvalue weighted by molar-refractivity contribution is 14.1. The van der Waals surface area contributed by atoms with Crippen molar-refractivity contribution in [3.63, 3.8) is 0 Å². The van der Waals surface area contributed by atoms with Gasteiger partial charge in [-0.2, -0.15) is 0 Å². The van der Waals surface area contributed by atoms with Crippen LogP contribution in [0.4, 0.5) is 0 Å². The van der Waals surface area contributed by atoms with E-state index in [1.54, 1.807) is 0 Å². The molecule has 0 rings (SSSR count). The maximum Gasteiger partial charge on any atom is 0.0178 e. The van der Waals surface area contributed by atoms with Crippen LogP contribution < -0.4 is 0 Å². The molecule has 0 nitrogen and oxygen atoms in total. The van der Waals surface area contributed by atoms with Crippen LogP contribution in [-0.2, 0) is 0 Å². The zero-order valence-electron chi connectivity index (χ0n) is 4.16. The molecule has 0 saturated carbocycles. The molecular formula is C5H9I. The Morgan fingerprint density at radius 2 is 2.17 bits per heavy atom. The summed E-state index contributed by atoms with van der Waals surface area (Å²) in [5.74, 6) is 0. The van der Waals surface area contributed by atoms with Gasteiger partial charge >= 0.3 is 0 Å². The Kier molecular flexibility index (Phi) is 3.94. The first-order valence-electron chi connectivity index (χ1n) is 1.96. The van der Waals surface area contributed by atoms with Crippen molar-refractivity contribution in [1.82, 2.24) is 0 Å². The molecule has 0 aromatic heterocycles. The SMILES string of the molecule is CC(C)=CCI. The van der Waals surface area contributed by atoms with Crippen molar-refractivity contribution < 1.29 is 0 Å². The normalized spacial score (nSPS) is 7.83. The molecule has 0 saturated heterocycles. The Labute approximate surface area is 52.8 Å². The van der Waals surface area contributed by atoms with Crippen LogP contribution in [0.25, 0.3) is 0 Å². The van der Waals surface area contributed by atoms with Crippen LogP contribution in [0.1, 0.15) is 13.8 Å². The summed E-state index contributed by atoms with van der Waals surface area (Å²) >= 11 is 2.33. The van der Waals surface area contributed by atoms with Gasteiger partial charge in [-0.05, 0) is 13.8 Å². The molecule has 0 fully saturated rings. The lowest BCUT2D eigenvalue weighted by atomic mass is 10.3.